The first-order valence-electron chi connectivity index (χ1n) is 7.98. The van der Waals surface area contributed by atoms with E-state index in [0.717, 1.165) is 6.42 Å². The monoisotopic (exact) mass is 375 g/mol. The molecule has 1 aliphatic rings. The SMILES string of the molecule is CCCS(=O)(=O)Nc1cccc(C(=O)N2CC(CN)CC2C)c1.Cl. The number of nitrogens with two attached hydrogens (primary N) is 1. The largest absolute Gasteiger partial charge is 0.336 e. The van der Waals surface area contributed by atoms with Crippen molar-refractivity contribution < 1.29 is 13.2 Å². The van der Waals surface area contributed by atoms with Gasteiger partial charge in [0.15, 0.2) is 0 Å². The Balaban J connectivity index is 0.00000288. The zero-order chi connectivity index (χ0) is 17.0. The molecule has 0 aromatic heterocycles. The summed E-state index contributed by atoms with van der Waals surface area (Å²) in [6, 6.07) is 6.80. The molecule has 0 saturated carbocycles. The van der Waals surface area contributed by atoms with Crippen molar-refractivity contribution in [3.8, 4) is 0 Å². The Morgan fingerprint density at radius 2 is 2.12 bits per heavy atom. The third-order valence-corrected chi connectivity index (χ3v) is 5.60. The molecule has 136 valence electrons. The van der Waals surface area contributed by atoms with Gasteiger partial charge in [-0.15, -0.1) is 12.4 Å². The zero-order valence-electron chi connectivity index (χ0n) is 14.1. The Hall–Kier alpha value is -1.31. The van der Waals surface area contributed by atoms with Crippen molar-refractivity contribution in [3.63, 3.8) is 0 Å². The van der Waals surface area contributed by atoms with Crippen LogP contribution < -0.4 is 10.5 Å². The summed E-state index contributed by atoms with van der Waals surface area (Å²) in [6.07, 6.45) is 1.45. The molecule has 2 unspecified atom stereocenters. The van der Waals surface area contributed by atoms with Gasteiger partial charge in [-0.3, -0.25) is 9.52 Å². The van der Waals surface area contributed by atoms with E-state index in [-0.39, 0.29) is 30.1 Å². The molecule has 1 heterocycles. The molecular formula is C16H26ClN3O3S. The van der Waals surface area contributed by atoms with E-state index in [9.17, 15) is 13.2 Å². The number of hydrogen-bond acceptors (Lipinski definition) is 4. The Kier molecular flexibility index (Phi) is 7.51. The van der Waals surface area contributed by atoms with E-state index in [0.29, 0.717) is 36.7 Å². The van der Waals surface area contributed by atoms with Crippen molar-refractivity contribution >= 4 is 34.0 Å². The normalized spacial score (nSPS) is 20.5. The van der Waals surface area contributed by atoms with Crippen LogP contribution in [-0.4, -0.2) is 44.1 Å². The fraction of sp³-hybridized carbons (Fsp3) is 0.562. The summed E-state index contributed by atoms with van der Waals surface area (Å²) >= 11 is 0. The second-order valence-corrected chi connectivity index (χ2v) is 7.99. The molecule has 1 aromatic rings. The van der Waals surface area contributed by atoms with Crippen LogP contribution in [0.5, 0.6) is 0 Å². The van der Waals surface area contributed by atoms with Crippen molar-refractivity contribution in [2.45, 2.75) is 32.7 Å². The smallest absolute Gasteiger partial charge is 0.254 e. The van der Waals surface area contributed by atoms with E-state index in [2.05, 4.69) is 4.72 Å². The molecule has 1 amide bonds. The highest BCUT2D eigenvalue weighted by atomic mass is 35.5. The molecule has 1 aromatic carbocycles. The molecular weight excluding hydrogens is 350 g/mol. The number of carbonyl (C=O) groups is 1. The molecule has 3 N–H and O–H groups in total. The van der Waals surface area contributed by atoms with Crippen LogP contribution in [0.4, 0.5) is 5.69 Å². The van der Waals surface area contributed by atoms with E-state index in [1.165, 1.54) is 0 Å². The minimum absolute atomic E-state index is 0. The fourth-order valence-corrected chi connectivity index (χ4v) is 4.10. The number of anilines is 1. The number of nitrogens with zero attached hydrogens (tertiary/aromatic N) is 1. The molecule has 1 saturated heterocycles. The molecule has 24 heavy (non-hydrogen) atoms. The van der Waals surface area contributed by atoms with Crippen LogP contribution in [0.3, 0.4) is 0 Å². The molecule has 1 aliphatic heterocycles. The highest BCUT2D eigenvalue weighted by Crippen LogP contribution is 2.25. The molecule has 2 atom stereocenters. The Morgan fingerprint density at radius 1 is 1.42 bits per heavy atom. The summed E-state index contributed by atoms with van der Waals surface area (Å²) in [5, 5.41) is 0. The molecule has 1 fully saturated rings. The molecule has 6 nitrogen and oxygen atoms in total. The molecule has 0 radical (unpaired) electrons. The molecule has 0 bridgehead atoms. The maximum absolute atomic E-state index is 12.7. The zero-order valence-corrected chi connectivity index (χ0v) is 15.7. The van der Waals surface area contributed by atoms with Gasteiger partial charge in [0.2, 0.25) is 10.0 Å². The third kappa shape index (κ3) is 5.09. The van der Waals surface area contributed by atoms with Crippen LogP contribution in [0.15, 0.2) is 24.3 Å². The summed E-state index contributed by atoms with van der Waals surface area (Å²) in [7, 11) is -3.36. The van der Waals surface area contributed by atoms with E-state index in [1.807, 2.05) is 18.7 Å². The van der Waals surface area contributed by atoms with Gasteiger partial charge in [-0.2, -0.15) is 0 Å². The van der Waals surface area contributed by atoms with Gasteiger partial charge in [-0.1, -0.05) is 13.0 Å². The Labute approximate surface area is 150 Å². The van der Waals surface area contributed by atoms with Crippen LogP contribution in [0, 0.1) is 5.92 Å². The van der Waals surface area contributed by atoms with Crippen molar-refractivity contribution in [1.29, 1.82) is 0 Å². The summed E-state index contributed by atoms with van der Waals surface area (Å²) in [5.74, 6) is 0.317. The van der Waals surface area contributed by atoms with Crippen molar-refractivity contribution in [2.24, 2.45) is 11.7 Å². The van der Waals surface area contributed by atoms with E-state index < -0.39 is 10.0 Å². The van der Waals surface area contributed by atoms with Crippen LogP contribution in [0.1, 0.15) is 37.0 Å². The Bertz CT molecular complexity index is 666. The van der Waals surface area contributed by atoms with Gasteiger partial charge >= 0.3 is 0 Å². The molecule has 0 spiro atoms. The van der Waals surface area contributed by atoms with Gasteiger partial charge in [0, 0.05) is 23.8 Å². The number of rotatable bonds is 6. The van der Waals surface area contributed by atoms with Crippen LogP contribution in [0.25, 0.3) is 0 Å². The quantitative estimate of drug-likeness (QED) is 0.796. The van der Waals surface area contributed by atoms with Crippen LogP contribution >= 0.6 is 12.4 Å². The summed E-state index contributed by atoms with van der Waals surface area (Å²) < 4.78 is 26.2. The predicted molar refractivity (Wildman–Crippen MR) is 99.1 cm³/mol. The lowest BCUT2D eigenvalue weighted by atomic mass is 10.1. The van der Waals surface area contributed by atoms with Gasteiger partial charge in [0.1, 0.15) is 0 Å². The van der Waals surface area contributed by atoms with Gasteiger partial charge < -0.3 is 10.6 Å². The topological polar surface area (TPSA) is 92.5 Å². The number of halogens is 1. The van der Waals surface area contributed by atoms with Gasteiger partial charge in [0.05, 0.1) is 5.75 Å². The predicted octanol–water partition coefficient (Wildman–Crippen LogP) is 2.07. The van der Waals surface area contributed by atoms with Crippen LogP contribution in [0.2, 0.25) is 0 Å². The lowest BCUT2D eigenvalue weighted by Crippen LogP contribution is -2.34. The number of sulfonamides is 1. The second-order valence-electron chi connectivity index (χ2n) is 6.15. The van der Waals surface area contributed by atoms with Crippen LogP contribution in [-0.2, 0) is 10.0 Å². The van der Waals surface area contributed by atoms with Crippen molar-refractivity contribution in [3.05, 3.63) is 29.8 Å². The van der Waals surface area contributed by atoms with E-state index in [4.69, 9.17) is 5.73 Å². The first-order valence-corrected chi connectivity index (χ1v) is 9.63. The summed E-state index contributed by atoms with van der Waals surface area (Å²) in [6.45, 7) is 5.05. The average molecular weight is 376 g/mol. The number of hydrogen-bond donors (Lipinski definition) is 2. The molecule has 0 aliphatic carbocycles. The van der Waals surface area contributed by atoms with Crippen molar-refractivity contribution in [1.82, 2.24) is 4.90 Å². The number of amides is 1. The van der Waals surface area contributed by atoms with Crippen molar-refractivity contribution in [2.75, 3.05) is 23.6 Å². The minimum Gasteiger partial charge on any atom is -0.336 e. The maximum Gasteiger partial charge on any atom is 0.254 e. The van der Waals surface area contributed by atoms with Gasteiger partial charge in [0.25, 0.3) is 5.91 Å². The maximum atomic E-state index is 12.7. The van der Waals surface area contributed by atoms with E-state index in [1.54, 1.807) is 24.3 Å². The fourth-order valence-electron chi connectivity index (χ4n) is 2.98. The van der Waals surface area contributed by atoms with Gasteiger partial charge in [-0.05, 0) is 50.4 Å². The minimum atomic E-state index is -3.36. The third-order valence-electron chi connectivity index (χ3n) is 4.11. The Morgan fingerprint density at radius 3 is 2.71 bits per heavy atom. The standard InChI is InChI=1S/C16H25N3O3S.ClH/c1-3-7-23(21,22)18-15-6-4-5-14(9-15)16(20)19-11-13(10-17)8-12(19)2;/h4-6,9,12-13,18H,3,7-8,10-11,17H2,1-2H3;1H. The number of benzene rings is 1. The van der Waals surface area contributed by atoms with Gasteiger partial charge in [-0.25, -0.2) is 8.42 Å². The highest BCUT2D eigenvalue weighted by Gasteiger charge is 2.32. The average Bonchev–Trinajstić information content (AvgIpc) is 2.87. The number of carbonyl (C=O) groups excluding carboxylic acids is 1. The molecule has 2 rings (SSSR count). The first-order chi connectivity index (χ1) is 10.9. The summed E-state index contributed by atoms with van der Waals surface area (Å²) in [4.78, 5) is 14.5. The lowest BCUT2D eigenvalue weighted by molar-refractivity contribution is 0.0743. The second kappa shape index (κ2) is 8.69. The number of nitrogens with one attached hydrogen (secondary N) is 1. The lowest BCUT2D eigenvalue weighted by Gasteiger charge is -2.22. The molecule has 8 heteroatoms. The summed E-state index contributed by atoms with van der Waals surface area (Å²) in [5.41, 5.74) is 6.62. The first kappa shape index (κ1) is 20.7. The number of likely N-dealkylation sites (tertiary alicyclic amines) is 1. The highest BCUT2D eigenvalue weighted by molar-refractivity contribution is 7.92. The van der Waals surface area contributed by atoms with E-state index >= 15 is 0 Å².